The van der Waals surface area contributed by atoms with Gasteiger partial charge in [-0.25, -0.2) is 0 Å². The molecule has 1 heterocycles. The lowest BCUT2D eigenvalue weighted by Gasteiger charge is -2.45. The van der Waals surface area contributed by atoms with Crippen molar-refractivity contribution in [1.82, 2.24) is 10.2 Å². The van der Waals surface area contributed by atoms with Crippen LogP contribution in [-0.4, -0.2) is 24.5 Å². The van der Waals surface area contributed by atoms with Crippen LogP contribution in [0.1, 0.15) is 41.1 Å². The van der Waals surface area contributed by atoms with E-state index in [1.807, 2.05) is 0 Å². The SMILES string of the molecule is c1ccc(CNCC2(c3ccccc3)CCN(C(c3ccccc3)c3ccccc3)CC2)cc1. The third-order valence-corrected chi connectivity index (χ3v) is 7.37. The zero-order valence-corrected chi connectivity index (χ0v) is 19.8. The molecule has 0 amide bonds. The fourth-order valence-corrected chi connectivity index (χ4v) is 5.50. The molecule has 0 bridgehead atoms. The van der Waals surface area contributed by atoms with E-state index in [0.717, 1.165) is 39.0 Å². The van der Waals surface area contributed by atoms with E-state index in [-0.39, 0.29) is 5.41 Å². The van der Waals surface area contributed by atoms with Gasteiger partial charge in [0.25, 0.3) is 0 Å². The third kappa shape index (κ3) is 5.14. The molecule has 4 aromatic rings. The molecule has 5 rings (SSSR count). The van der Waals surface area contributed by atoms with Gasteiger partial charge in [-0.15, -0.1) is 0 Å². The summed E-state index contributed by atoms with van der Waals surface area (Å²) in [7, 11) is 0. The van der Waals surface area contributed by atoms with Gasteiger partial charge in [0.2, 0.25) is 0 Å². The van der Waals surface area contributed by atoms with Crippen molar-refractivity contribution in [2.24, 2.45) is 0 Å². The van der Waals surface area contributed by atoms with Gasteiger partial charge in [0, 0.05) is 18.5 Å². The molecule has 172 valence electrons. The lowest BCUT2D eigenvalue weighted by Crippen LogP contribution is -2.48. The number of likely N-dealkylation sites (tertiary alicyclic amines) is 1. The van der Waals surface area contributed by atoms with Gasteiger partial charge in [0.1, 0.15) is 0 Å². The molecule has 1 saturated heterocycles. The lowest BCUT2D eigenvalue weighted by molar-refractivity contribution is 0.128. The Labute approximate surface area is 204 Å². The molecule has 4 aromatic carbocycles. The Hall–Kier alpha value is -3.20. The first-order valence-electron chi connectivity index (χ1n) is 12.5. The second-order valence-electron chi connectivity index (χ2n) is 9.50. The van der Waals surface area contributed by atoms with Crippen molar-refractivity contribution in [1.29, 1.82) is 0 Å². The van der Waals surface area contributed by atoms with Crippen molar-refractivity contribution in [2.75, 3.05) is 19.6 Å². The molecular formula is C32H34N2. The standard InChI is InChI=1S/C32H34N2/c1-5-13-27(14-6-1)25-33-26-32(30-19-11-4-12-20-30)21-23-34(24-22-32)31(28-15-7-2-8-16-28)29-17-9-3-10-18-29/h1-20,31,33H,21-26H2. The van der Waals surface area contributed by atoms with Gasteiger partial charge in [0.15, 0.2) is 0 Å². The summed E-state index contributed by atoms with van der Waals surface area (Å²) in [5.74, 6) is 0. The van der Waals surface area contributed by atoms with E-state index >= 15 is 0 Å². The predicted octanol–water partition coefficient (Wildman–Crippen LogP) is 6.60. The Kier molecular flexibility index (Phi) is 7.19. The minimum Gasteiger partial charge on any atom is -0.312 e. The maximum absolute atomic E-state index is 3.80. The Morgan fingerprint density at radius 2 is 1.09 bits per heavy atom. The Bertz CT molecular complexity index is 1080. The first kappa shape index (κ1) is 22.6. The minimum absolute atomic E-state index is 0.157. The van der Waals surface area contributed by atoms with Crippen molar-refractivity contribution < 1.29 is 0 Å². The van der Waals surface area contributed by atoms with E-state index in [4.69, 9.17) is 0 Å². The predicted molar refractivity (Wildman–Crippen MR) is 142 cm³/mol. The number of piperidine rings is 1. The highest BCUT2D eigenvalue weighted by Gasteiger charge is 2.38. The van der Waals surface area contributed by atoms with Crippen LogP contribution in [0.5, 0.6) is 0 Å². The second-order valence-corrected chi connectivity index (χ2v) is 9.50. The smallest absolute Gasteiger partial charge is 0.0601 e. The number of nitrogens with one attached hydrogen (secondary N) is 1. The number of benzene rings is 4. The largest absolute Gasteiger partial charge is 0.312 e. The van der Waals surface area contributed by atoms with E-state index in [9.17, 15) is 0 Å². The van der Waals surface area contributed by atoms with Gasteiger partial charge in [-0.05, 0) is 48.2 Å². The number of hydrogen-bond donors (Lipinski definition) is 1. The van der Waals surface area contributed by atoms with Gasteiger partial charge >= 0.3 is 0 Å². The lowest BCUT2D eigenvalue weighted by atomic mass is 9.72. The van der Waals surface area contributed by atoms with Crippen LogP contribution >= 0.6 is 0 Å². The normalized spacial score (nSPS) is 15.9. The van der Waals surface area contributed by atoms with Crippen molar-refractivity contribution in [2.45, 2.75) is 30.8 Å². The Balaban J connectivity index is 1.36. The molecule has 0 aliphatic carbocycles. The summed E-state index contributed by atoms with van der Waals surface area (Å²) in [6, 6.07) is 44.2. The van der Waals surface area contributed by atoms with Crippen molar-refractivity contribution in [3.05, 3.63) is 144 Å². The molecule has 34 heavy (non-hydrogen) atoms. The second kappa shape index (κ2) is 10.8. The average Bonchev–Trinajstić information content (AvgIpc) is 2.92. The van der Waals surface area contributed by atoms with E-state index in [1.54, 1.807) is 0 Å². The van der Waals surface area contributed by atoms with Crippen LogP contribution < -0.4 is 5.32 Å². The van der Waals surface area contributed by atoms with Crippen molar-refractivity contribution >= 4 is 0 Å². The molecule has 0 spiro atoms. The summed E-state index contributed by atoms with van der Waals surface area (Å²) in [6.07, 6.45) is 2.30. The average molecular weight is 447 g/mol. The van der Waals surface area contributed by atoms with Crippen LogP contribution in [0.25, 0.3) is 0 Å². The molecule has 0 radical (unpaired) electrons. The molecule has 0 unspecified atom stereocenters. The fraction of sp³-hybridized carbons (Fsp3) is 0.250. The molecule has 0 saturated carbocycles. The van der Waals surface area contributed by atoms with Crippen molar-refractivity contribution in [3.63, 3.8) is 0 Å². The zero-order valence-electron chi connectivity index (χ0n) is 19.8. The monoisotopic (exact) mass is 446 g/mol. The molecule has 2 heteroatoms. The molecule has 1 N–H and O–H groups in total. The topological polar surface area (TPSA) is 15.3 Å². The van der Waals surface area contributed by atoms with Crippen LogP contribution in [0.4, 0.5) is 0 Å². The van der Waals surface area contributed by atoms with E-state index < -0.39 is 0 Å². The first-order valence-corrected chi connectivity index (χ1v) is 12.5. The van der Waals surface area contributed by atoms with Crippen LogP contribution in [0.2, 0.25) is 0 Å². The summed E-state index contributed by atoms with van der Waals surface area (Å²) < 4.78 is 0. The quantitative estimate of drug-likeness (QED) is 0.328. The maximum Gasteiger partial charge on any atom is 0.0601 e. The summed E-state index contributed by atoms with van der Waals surface area (Å²) in [4.78, 5) is 2.68. The van der Waals surface area contributed by atoms with E-state index in [1.165, 1.54) is 22.3 Å². The van der Waals surface area contributed by atoms with Gasteiger partial charge in [0.05, 0.1) is 6.04 Å². The molecule has 0 aromatic heterocycles. The van der Waals surface area contributed by atoms with E-state index in [0.29, 0.717) is 6.04 Å². The first-order chi connectivity index (χ1) is 16.8. The van der Waals surface area contributed by atoms with E-state index in [2.05, 4.69) is 132 Å². The van der Waals surface area contributed by atoms with Gasteiger partial charge in [-0.2, -0.15) is 0 Å². The highest BCUT2D eigenvalue weighted by atomic mass is 15.2. The van der Waals surface area contributed by atoms with Gasteiger partial charge in [-0.3, -0.25) is 4.90 Å². The number of nitrogens with zero attached hydrogens (tertiary/aromatic N) is 1. The minimum atomic E-state index is 0.157. The van der Waals surface area contributed by atoms with Crippen LogP contribution in [0, 0.1) is 0 Å². The molecule has 1 fully saturated rings. The van der Waals surface area contributed by atoms with Crippen LogP contribution in [-0.2, 0) is 12.0 Å². The summed E-state index contributed by atoms with van der Waals surface area (Å²) in [5.41, 5.74) is 5.72. The molecular weight excluding hydrogens is 412 g/mol. The summed E-state index contributed by atoms with van der Waals surface area (Å²) in [6.45, 7) is 4.07. The zero-order chi connectivity index (χ0) is 23.1. The van der Waals surface area contributed by atoms with Gasteiger partial charge in [-0.1, -0.05) is 121 Å². The highest BCUT2D eigenvalue weighted by molar-refractivity contribution is 5.33. The van der Waals surface area contributed by atoms with Crippen LogP contribution in [0.3, 0.4) is 0 Å². The third-order valence-electron chi connectivity index (χ3n) is 7.37. The molecule has 2 nitrogen and oxygen atoms in total. The highest BCUT2D eigenvalue weighted by Crippen LogP contribution is 2.39. The maximum atomic E-state index is 3.80. The van der Waals surface area contributed by atoms with Crippen LogP contribution in [0.15, 0.2) is 121 Å². The van der Waals surface area contributed by atoms with Gasteiger partial charge < -0.3 is 5.32 Å². The summed E-state index contributed by atoms with van der Waals surface area (Å²) >= 11 is 0. The number of hydrogen-bond acceptors (Lipinski definition) is 2. The van der Waals surface area contributed by atoms with Crippen molar-refractivity contribution in [3.8, 4) is 0 Å². The molecule has 0 atom stereocenters. The molecule has 1 aliphatic rings. The summed E-state index contributed by atoms with van der Waals surface area (Å²) in [5, 5.41) is 3.80. The fourth-order valence-electron chi connectivity index (χ4n) is 5.50. The Morgan fingerprint density at radius 1 is 0.618 bits per heavy atom. The Morgan fingerprint density at radius 3 is 1.62 bits per heavy atom. The number of rotatable bonds is 8. The molecule has 1 aliphatic heterocycles.